The summed E-state index contributed by atoms with van der Waals surface area (Å²) in [5.74, 6) is 0.724. The van der Waals surface area contributed by atoms with Crippen LogP contribution in [-0.4, -0.2) is 8.32 Å². The number of rotatable bonds is 5. The van der Waals surface area contributed by atoms with Gasteiger partial charge in [0.2, 0.25) is 0 Å². The van der Waals surface area contributed by atoms with Crippen molar-refractivity contribution in [3.05, 3.63) is 85.2 Å². The van der Waals surface area contributed by atoms with Crippen LogP contribution in [-0.2, 0) is 4.43 Å². The Morgan fingerprint density at radius 2 is 1.35 bits per heavy atom. The lowest BCUT2D eigenvalue weighted by molar-refractivity contribution is 0.415. The summed E-state index contributed by atoms with van der Waals surface area (Å²) in [6.45, 7) is 12.9. The van der Waals surface area contributed by atoms with Gasteiger partial charge in [-0.1, -0.05) is 94.1 Å². The average Bonchev–Trinajstić information content (AvgIpc) is 2.53. The lowest BCUT2D eigenvalue weighted by atomic mass is 10.2. The minimum atomic E-state index is -2.50. The molecule has 0 saturated carbocycles. The summed E-state index contributed by atoms with van der Waals surface area (Å²) in [6, 6.07) is 21.2. The first-order chi connectivity index (χ1) is 10.9. The van der Waals surface area contributed by atoms with E-state index in [9.17, 15) is 0 Å². The summed E-state index contributed by atoms with van der Waals surface area (Å²) in [6.07, 6.45) is 3.92. The van der Waals surface area contributed by atoms with Gasteiger partial charge in [0.1, 0.15) is 0 Å². The molecule has 0 spiro atoms. The van der Waals surface area contributed by atoms with Crippen molar-refractivity contribution in [1.82, 2.24) is 0 Å². The molecule has 0 bridgehead atoms. The van der Waals surface area contributed by atoms with Crippen LogP contribution in [0.3, 0.4) is 0 Å². The lowest BCUT2D eigenvalue weighted by Gasteiger charge is -2.43. The molecule has 2 aromatic rings. The highest BCUT2D eigenvalue weighted by Crippen LogP contribution is 2.37. The molecule has 2 heteroatoms. The van der Waals surface area contributed by atoms with Crippen molar-refractivity contribution < 1.29 is 4.43 Å². The van der Waals surface area contributed by atoms with Crippen LogP contribution in [0.2, 0.25) is 5.04 Å². The van der Waals surface area contributed by atoms with E-state index in [2.05, 4.69) is 88.0 Å². The second kappa shape index (κ2) is 7.01. The molecule has 1 nitrogen and oxygen atoms in total. The van der Waals surface area contributed by atoms with Crippen LogP contribution in [0, 0.1) is 0 Å². The molecule has 0 fully saturated rings. The number of hydrogen-bond acceptors (Lipinski definition) is 1. The van der Waals surface area contributed by atoms with Gasteiger partial charge in [0, 0.05) is 0 Å². The summed E-state index contributed by atoms with van der Waals surface area (Å²) in [5, 5.41) is 2.51. The predicted octanol–water partition coefficient (Wildman–Crippen LogP) is 4.65. The predicted molar refractivity (Wildman–Crippen MR) is 103 cm³/mol. The first-order valence-electron chi connectivity index (χ1n) is 8.03. The Morgan fingerprint density at radius 3 is 1.70 bits per heavy atom. The van der Waals surface area contributed by atoms with Gasteiger partial charge in [0.25, 0.3) is 0 Å². The van der Waals surface area contributed by atoms with Gasteiger partial charge in [0.15, 0.2) is 0 Å². The Labute approximate surface area is 141 Å². The van der Waals surface area contributed by atoms with E-state index in [1.807, 2.05) is 19.1 Å². The molecule has 0 aromatic heterocycles. The maximum atomic E-state index is 6.67. The SMILES string of the molecule is C=C(/C=C/C)O[Si](c1ccccc1)(c1ccccc1)C(C)(C)C. The largest absolute Gasteiger partial charge is 0.534 e. The summed E-state index contributed by atoms with van der Waals surface area (Å²) in [5.41, 5.74) is 0. The van der Waals surface area contributed by atoms with Gasteiger partial charge < -0.3 is 4.43 Å². The van der Waals surface area contributed by atoms with Crippen LogP contribution >= 0.6 is 0 Å². The standard InChI is InChI=1S/C21H26OSi/c1-6-13-18(2)22-23(21(3,4)5,19-14-9-7-10-15-19)20-16-11-8-12-17-20/h6-17H,2H2,1,3-5H3/b13-6+. The molecule has 120 valence electrons. The van der Waals surface area contributed by atoms with Crippen molar-refractivity contribution >= 4 is 18.7 Å². The van der Waals surface area contributed by atoms with E-state index in [1.165, 1.54) is 10.4 Å². The fourth-order valence-corrected chi connectivity index (χ4v) is 7.46. The Balaban J connectivity index is 2.72. The van der Waals surface area contributed by atoms with Gasteiger partial charge >= 0.3 is 8.32 Å². The van der Waals surface area contributed by atoms with E-state index < -0.39 is 8.32 Å². The molecule has 0 aliphatic carbocycles. The number of hydrogen-bond donors (Lipinski definition) is 0. The zero-order valence-electron chi connectivity index (χ0n) is 14.5. The van der Waals surface area contributed by atoms with E-state index in [0.717, 1.165) is 5.76 Å². The van der Waals surface area contributed by atoms with Gasteiger partial charge in [-0.25, -0.2) is 0 Å². The van der Waals surface area contributed by atoms with Crippen LogP contribution < -0.4 is 10.4 Å². The van der Waals surface area contributed by atoms with Crippen molar-refractivity contribution in [2.45, 2.75) is 32.7 Å². The molecule has 2 rings (SSSR count). The summed E-state index contributed by atoms with van der Waals surface area (Å²) < 4.78 is 6.67. The maximum Gasteiger partial charge on any atom is 0.319 e. The molecule has 23 heavy (non-hydrogen) atoms. The third-order valence-corrected chi connectivity index (χ3v) is 9.03. The maximum absolute atomic E-state index is 6.67. The van der Waals surface area contributed by atoms with E-state index in [4.69, 9.17) is 4.43 Å². The molecular weight excluding hydrogens is 296 g/mol. The first kappa shape index (κ1) is 17.3. The van der Waals surface area contributed by atoms with Crippen LogP contribution in [0.1, 0.15) is 27.7 Å². The molecule has 0 atom stereocenters. The van der Waals surface area contributed by atoms with Crippen LogP contribution in [0.5, 0.6) is 0 Å². The summed E-state index contributed by atoms with van der Waals surface area (Å²) in [4.78, 5) is 0. The highest BCUT2D eigenvalue weighted by molar-refractivity contribution is 6.99. The Bertz CT molecular complexity index is 626. The van der Waals surface area contributed by atoms with Crippen molar-refractivity contribution in [2.24, 2.45) is 0 Å². The fraction of sp³-hybridized carbons (Fsp3) is 0.238. The molecule has 0 radical (unpaired) electrons. The highest BCUT2D eigenvalue weighted by Gasteiger charge is 2.52. The van der Waals surface area contributed by atoms with Crippen LogP contribution in [0.15, 0.2) is 85.2 Å². The Hall–Kier alpha value is -2.06. The minimum absolute atomic E-state index is 0.0276. The zero-order chi connectivity index (χ0) is 16.9. The zero-order valence-corrected chi connectivity index (χ0v) is 15.5. The van der Waals surface area contributed by atoms with Gasteiger partial charge in [-0.2, -0.15) is 0 Å². The van der Waals surface area contributed by atoms with Gasteiger partial charge in [-0.05, 0) is 28.4 Å². The molecule has 0 aliphatic rings. The normalized spacial score (nSPS) is 12.3. The van der Waals surface area contributed by atoms with Crippen molar-refractivity contribution in [1.29, 1.82) is 0 Å². The Morgan fingerprint density at radius 1 is 0.913 bits per heavy atom. The molecule has 0 N–H and O–H groups in total. The summed E-state index contributed by atoms with van der Waals surface area (Å²) in [7, 11) is -2.50. The topological polar surface area (TPSA) is 9.23 Å². The van der Waals surface area contributed by atoms with Gasteiger partial charge in [-0.15, -0.1) is 0 Å². The van der Waals surface area contributed by atoms with Crippen molar-refractivity contribution in [3.8, 4) is 0 Å². The molecule has 0 amide bonds. The highest BCUT2D eigenvalue weighted by atomic mass is 28.4. The van der Waals surface area contributed by atoms with E-state index in [0.29, 0.717) is 0 Å². The molecular formula is C21H26OSi. The number of allylic oxidation sites excluding steroid dienone is 2. The Kier molecular flexibility index (Phi) is 5.27. The minimum Gasteiger partial charge on any atom is -0.534 e. The van der Waals surface area contributed by atoms with Gasteiger partial charge in [-0.3, -0.25) is 0 Å². The average molecular weight is 323 g/mol. The lowest BCUT2D eigenvalue weighted by Crippen LogP contribution is -2.66. The quantitative estimate of drug-likeness (QED) is 0.442. The molecule has 0 aliphatic heterocycles. The molecule has 0 heterocycles. The van der Waals surface area contributed by atoms with Crippen LogP contribution in [0.25, 0.3) is 0 Å². The number of benzene rings is 2. The first-order valence-corrected chi connectivity index (χ1v) is 9.94. The van der Waals surface area contributed by atoms with Gasteiger partial charge in [0.05, 0.1) is 5.76 Å². The third-order valence-electron chi connectivity index (χ3n) is 4.05. The second-order valence-corrected chi connectivity index (χ2v) is 11.0. The van der Waals surface area contributed by atoms with E-state index in [1.54, 1.807) is 0 Å². The van der Waals surface area contributed by atoms with Crippen LogP contribution in [0.4, 0.5) is 0 Å². The monoisotopic (exact) mass is 322 g/mol. The third kappa shape index (κ3) is 3.48. The smallest absolute Gasteiger partial charge is 0.319 e. The molecule has 2 aromatic carbocycles. The molecule has 0 saturated heterocycles. The fourth-order valence-electron chi connectivity index (χ4n) is 3.07. The van der Waals surface area contributed by atoms with E-state index >= 15 is 0 Å². The van der Waals surface area contributed by atoms with Crippen molar-refractivity contribution in [3.63, 3.8) is 0 Å². The van der Waals surface area contributed by atoms with Crippen molar-refractivity contribution in [2.75, 3.05) is 0 Å². The second-order valence-electron chi connectivity index (χ2n) is 6.73. The molecule has 0 unspecified atom stereocenters. The van der Waals surface area contributed by atoms with E-state index in [-0.39, 0.29) is 5.04 Å². The summed E-state index contributed by atoms with van der Waals surface area (Å²) >= 11 is 0.